The minimum Gasteiger partial charge on any atom is -0.377 e. The van der Waals surface area contributed by atoms with E-state index in [1.807, 2.05) is 0 Å². The molecule has 0 bridgehead atoms. The molecular weight excluding hydrogens is 436 g/mol. The van der Waals surface area contributed by atoms with E-state index in [2.05, 4.69) is 47.6 Å². The average Bonchev–Trinajstić information content (AvgIpc) is 2.84. The van der Waals surface area contributed by atoms with Gasteiger partial charge < -0.3 is 4.74 Å². The number of hydrogen-bond acceptors (Lipinski definition) is 1. The van der Waals surface area contributed by atoms with Crippen molar-refractivity contribution < 1.29 is 4.74 Å². The van der Waals surface area contributed by atoms with Crippen molar-refractivity contribution in [1.29, 1.82) is 0 Å². The van der Waals surface area contributed by atoms with Gasteiger partial charge in [-0.25, -0.2) is 0 Å². The minimum atomic E-state index is 0.817. The highest BCUT2D eigenvalue weighted by Gasteiger charge is 2.09. The standard InChI is InChI=1S/C35H70O/c1-7-8-9-10-11-12-13-14-15-18-21-24-33(4)28-30-36-29-23-20-17-16-19-22-25-34(5)31-35(6)27-26-32(2)3/h28,32,34-35H,7-27,29-31H2,1-6H3/t34-,35+/m0/s1. The Hall–Kier alpha value is -0.300. The number of allylic oxidation sites excluding steroid dienone is 1. The van der Waals surface area contributed by atoms with Gasteiger partial charge in [-0.3, -0.25) is 0 Å². The third-order valence-corrected chi connectivity index (χ3v) is 8.00. The molecule has 0 spiro atoms. The highest BCUT2D eigenvalue weighted by atomic mass is 16.5. The average molecular weight is 507 g/mol. The highest BCUT2D eigenvalue weighted by Crippen LogP contribution is 2.23. The van der Waals surface area contributed by atoms with Crippen LogP contribution in [-0.4, -0.2) is 13.2 Å². The predicted octanol–water partition coefficient (Wildman–Crippen LogP) is 12.5. The molecule has 0 amide bonds. The molecule has 0 saturated heterocycles. The minimum absolute atomic E-state index is 0.817. The summed E-state index contributed by atoms with van der Waals surface area (Å²) in [6, 6.07) is 0. The van der Waals surface area contributed by atoms with E-state index in [1.165, 1.54) is 147 Å². The molecule has 0 radical (unpaired) electrons. The van der Waals surface area contributed by atoms with Gasteiger partial charge in [-0.1, -0.05) is 162 Å². The fourth-order valence-corrected chi connectivity index (χ4v) is 5.40. The molecule has 0 aromatic rings. The molecule has 1 heteroatoms. The summed E-state index contributed by atoms with van der Waals surface area (Å²) in [7, 11) is 0. The van der Waals surface area contributed by atoms with Crippen LogP contribution in [0.5, 0.6) is 0 Å². The van der Waals surface area contributed by atoms with Crippen LogP contribution in [-0.2, 0) is 4.74 Å². The van der Waals surface area contributed by atoms with Crippen LogP contribution in [0.25, 0.3) is 0 Å². The molecule has 0 N–H and O–H groups in total. The van der Waals surface area contributed by atoms with Gasteiger partial charge in [0.2, 0.25) is 0 Å². The topological polar surface area (TPSA) is 9.23 Å². The second-order valence-electron chi connectivity index (χ2n) is 12.7. The number of rotatable bonds is 28. The highest BCUT2D eigenvalue weighted by molar-refractivity contribution is 4.97. The molecule has 0 aliphatic heterocycles. The van der Waals surface area contributed by atoms with Crippen molar-refractivity contribution in [3.63, 3.8) is 0 Å². The Morgan fingerprint density at radius 2 is 1.08 bits per heavy atom. The first-order valence-electron chi connectivity index (χ1n) is 16.7. The monoisotopic (exact) mass is 507 g/mol. The van der Waals surface area contributed by atoms with Crippen molar-refractivity contribution in [3.05, 3.63) is 11.6 Å². The summed E-state index contributed by atoms with van der Waals surface area (Å²) < 4.78 is 5.87. The smallest absolute Gasteiger partial charge is 0.0649 e. The Kier molecular flexibility index (Phi) is 27.5. The van der Waals surface area contributed by atoms with Gasteiger partial charge in [-0.2, -0.15) is 0 Å². The van der Waals surface area contributed by atoms with Gasteiger partial charge in [0.15, 0.2) is 0 Å². The second-order valence-corrected chi connectivity index (χ2v) is 12.7. The first-order chi connectivity index (χ1) is 17.5. The van der Waals surface area contributed by atoms with E-state index < -0.39 is 0 Å². The molecule has 1 nitrogen and oxygen atoms in total. The third kappa shape index (κ3) is 28.3. The predicted molar refractivity (Wildman–Crippen MR) is 165 cm³/mol. The van der Waals surface area contributed by atoms with Gasteiger partial charge in [-0.15, -0.1) is 0 Å². The number of hydrogen-bond donors (Lipinski definition) is 0. The van der Waals surface area contributed by atoms with Gasteiger partial charge in [0.25, 0.3) is 0 Å². The second kappa shape index (κ2) is 27.7. The molecule has 0 saturated carbocycles. The van der Waals surface area contributed by atoms with E-state index in [1.54, 1.807) is 0 Å². The van der Waals surface area contributed by atoms with E-state index in [9.17, 15) is 0 Å². The fourth-order valence-electron chi connectivity index (χ4n) is 5.40. The van der Waals surface area contributed by atoms with E-state index in [-0.39, 0.29) is 0 Å². The van der Waals surface area contributed by atoms with Crippen LogP contribution in [0.1, 0.15) is 183 Å². The molecule has 36 heavy (non-hydrogen) atoms. The van der Waals surface area contributed by atoms with Crippen molar-refractivity contribution in [2.24, 2.45) is 17.8 Å². The summed E-state index contributed by atoms with van der Waals surface area (Å²) in [5, 5.41) is 0. The van der Waals surface area contributed by atoms with Gasteiger partial charge in [0, 0.05) is 6.61 Å². The fraction of sp³-hybridized carbons (Fsp3) is 0.943. The van der Waals surface area contributed by atoms with Crippen molar-refractivity contribution in [2.45, 2.75) is 183 Å². The maximum atomic E-state index is 5.87. The van der Waals surface area contributed by atoms with Crippen molar-refractivity contribution >= 4 is 0 Å². The third-order valence-electron chi connectivity index (χ3n) is 8.00. The van der Waals surface area contributed by atoms with E-state index in [4.69, 9.17) is 4.74 Å². The molecule has 0 aromatic heterocycles. The van der Waals surface area contributed by atoms with Gasteiger partial charge in [0.05, 0.1) is 6.61 Å². The Morgan fingerprint density at radius 1 is 0.583 bits per heavy atom. The summed E-state index contributed by atoms with van der Waals surface area (Å²) in [6.45, 7) is 16.0. The molecule has 0 rings (SSSR count). The van der Waals surface area contributed by atoms with Crippen LogP contribution in [0.2, 0.25) is 0 Å². The largest absolute Gasteiger partial charge is 0.377 e. The van der Waals surface area contributed by atoms with Crippen LogP contribution in [0, 0.1) is 17.8 Å². The molecule has 216 valence electrons. The maximum absolute atomic E-state index is 5.87. The van der Waals surface area contributed by atoms with E-state index >= 15 is 0 Å². The van der Waals surface area contributed by atoms with Crippen molar-refractivity contribution in [3.8, 4) is 0 Å². The lowest BCUT2D eigenvalue weighted by Crippen LogP contribution is -2.05. The van der Waals surface area contributed by atoms with E-state index in [0.717, 1.165) is 31.0 Å². The van der Waals surface area contributed by atoms with Crippen LogP contribution >= 0.6 is 0 Å². The first kappa shape index (κ1) is 35.7. The summed E-state index contributed by atoms with van der Waals surface area (Å²) >= 11 is 0. The van der Waals surface area contributed by atoms with E-state index in [0.29, 0.717) is 0 Å². The molecular formula is C35H70O. The van der Waals surface area contributed by atoms with Crippen LogP contribution in [0.4, 0.5) is 0 Å². The summed E-state index contributed by atoms with van der Waals surface area (Å²) in [5.74, 6) is 2.68. The normalized spacial score (nSPS) is 14.0. The van der Waals surface area contributed by atoms with Crippen molar-refractivity contribution in [1.82, 2.24) is 0 Å². The Morgan fingerprint density at radius 3 is 1.67 bits per heavy atom. The van der Waals surface area contributed by atoms with Crippen LogP contribution < -0.4 is 0 Å². The van der Waals surface area contributed by atoms with Gasteiger partial charge >= 0.3 is 0 Å². The zero-order valence-corrected chi connectivity index (χ0v) is 26.2. The quantitative estimate of drug-likeness (QED) is 0.0757. The Balaban J connectivity index is 3.36. The lowest BCUT2D eigenvalue weighted by atomic mass is 9.88. The van der Waals surface area contributed by atoms with Gasteiger partial charge in [-0.05, 0) is 50.4 Å². The first-order valence-corrected chi connectivity index (χ1v) is 16.7. The van der Waals surface area contributed by atoms with Crippen LogP contribution in [0.15, 0.2) is 11.6 Å². The lowest BCUT2D eigenvalue weighted by molar-refractivity contribution is 0.156. The Labute approximate surface area is 230 Å². The van der Waals surface area contributed by atoms with Gasteiger partial charge in [0.1, 0.15) is 0 Å². The molecule has 0 heterocycles. The zero-order chi connectivity index (χ0) is 26.7. The van der Waals surface area contributed by atoms with Crippen LogP contribution in [0.3, 0.4) is 0 Å². The van der Waals surface area contributed by atoms with Crippen molar-refractivity contribution in [2.75, 3.05) is 13.2 Å². The summed E-state index contributed by atoms with van der Waals surface area (Å²) in [4.78, 5) is 0. The molecule has 2 atom stereocenters. The molecule has 0 unspecified atom stereocenters. The zero-order valence-electron chi connectivity index (χ0n) is 26.2. The molecule has 0 fully saturated rings. The maximum Gasteiger partial charge on any atom is 0.0649 e. The summed E-state index contributed by atoms with van der Waals surface area (Å²) in [5.41, 5.74) is 1.52. The molecule has 0 aromatic carbocycles. The molecule has 0 aliphatic carbocycles. The number of ether oxygens (including phenoxy) is 1. The number of unbranched alkanes of at least 4 members (excludes halogenated alkanes) is 15. The lowest BCUT2D eigenvalue weighted by Gasteiger charge is -2.18. The Bertz CT molecular complexity index is 452. The molecule has 0 aliphatic rings. The summed E-state index contributed by atoms with van der Waals surface area (Å²) in [6.07, 6.45) is 33.1. The SMILES string of the molecule is CCCCCCCCCCCCCC(C)=CCOCCCCCCCC[C@H](C)C[C@H](C)CCC(C)C.